The lowest BCUT2D eigenvalue weighted by atomic mass is 9.95. The van der Waals surface area contributed by atoms with E-state index in [0.29, 0.717) is 6.04 Å². The van der Waals surface area contributed by atoms with Crippen LogP contribution in [0.25, 0.3) is 10.6 Å². The lowest BCUT2D eigenvalue weighted by Crippen LogP contribution is -2.15. The number of rotatable bonds is 6. The third-order valence-corrected chi connectivity index (χ3v) is 6.91. The third-order valence-electron chi connectivity index (χ3n) is 5.01. The van der Waals surface area contributed by atoms with Crippen molar-refractivity contribution in [3.8, 4) is 16.3 Å². The van der Waals surface area contributed by atoms with E-state index in [0.717, 1.165) is 38.7 Å². The zero-order valence-corrected chi connectivity index (χ0v) is 17.4. The molecule has 3 aromatic rings. The normalized spacial score (nSPS) is 15.2. The second-order valence-corrected chi connectivity index (χ2v) is 8.63. The molecule has 1 aliphatic carbocycles. The van der Waals surface area contributed by atoms with E-state index in [9.17, 15) is 0 Å². The van der Waals surface area contributed by atoms with Crippen molar-refractivity contribution in [1.82, 2.24) is 19.7 Å². The number of nitrogens with zero attached hydrogens (tertiary/aromatic N) is 4. The highest BCUT2D eigenvalue weighted by Crippen LogP contribution is 2.35. The highest BCUT2D eigenvalue weighted by molar-refractivity contribution is 7.98. The van der Waals surface area contributed by atoms with Gasteiger partial charge in [-0.3, -0.25) is 0 Å². The SMILES string of the molecule is COc1ccccc1-c1nc(CSc2nnc(C)n2C2CCCCC2)cs1. The maximum atomic E-state index is 5.46. The number of thiazole rings is 1. The molecule has 0 unspecified atom stereocenters. The van der Waals surface area contributed by atoms with Gasteiger partial charge in [0.2, 0.25) is 0 Å². The van der Waals surface area contributed by atoms with Crippen molar-refractivity contribution < 1.29 is 4.74 Å². The van der Waals surface area contributed by atoms with Gasteiger partial charge in [-0.1, -0.05) is 43.2 Å². The Kier molecular flexibility index (Phi) is 5.78. The summed E-state index contributed by atoms with van der Waals surface area (Å²) >= 11 is 3.39. The van der Waals surface area contributed by atoms with Gasteiger partial charge in [-0.25, -0.2) is 4.98 Å². The van der Waals surface area contributed by atoms with Crippen molar-refractivity contribution in [2.75, 3.05) is 7.11 Å². The van der Waals surface area contributed by atoms with Crippen molar-refractivity contribution >= 4 is 23.1 Å². The smallest absolute Gasteiger partial charge is 0.191 e. The molecule has 2 heterocycles. The van der Waals surface area contributed by atoms with Crippen molar-refractivity contribution in [1.29, 1.82) is 0 Å². The maximum absolute atomic E-state index is 5.46. The average Bonchev–Trinajstić information content (AvgIpc) is 3.33. The lowest BCUT2D eigenvalue weighted by molar-refractivity contribution is 0.332. The molecule has 0 N–H and O–H groups in total. The van der Waals surface area contributed by atoms with Gasteiger partial charge in [-0.15, -0.1) is 21.5 Å². The summed E-state index contributed by atoms with van der Waals surface area (Å²) in [5.74, 6) is 2.69. The number of methoxy groups -OCH3 is 1. The summed E-state index contributed by atoms with van der Waals surface area (Å²) in [5.41, 5.74) is 2.12. The molecule has 1 aromatic carbocycles. The summed E-state index contributed by atoms with van der Waals surface area (Å²) in [6.07, 6.45) is 6.44. The third kappa shape index (κ3) is 4.04. The molecule has 5 nitrogen and oxygen atoms in total. The van der Waals surface area contributed by atoms with E-state index in [-0.39, 0.29) is 0 Å². The topological polar surface area (TPSA) is 52.8 Å². The number of aryl methyl sites for hydroxylation is 1. The number of hydrogen-bond donors (Lipinski definition) is 0. The van der Waals surface area contributed by atoms with Gasteiger partial charge in [0, 0.05) is 17.2 Å². The van der Waals surface area contributed by atoms with Crippen LogP contribution in [0.4, 0.5) is 0 Å². The first-order valence-electron chi connectivity index (χ1n) is 9.38. The van der Waals surface area contributed by atoms with Crippen molar-refractivity contribution in [2.45, 2.75) is 56.0 Å². The molecule has 1 fully saturated rings. The molecule has 1 saturated carbocycles. The van der Waals surface area contributed by atoms with Crippen molar-refractivity contribution in [3.63, 3.8) is 0 Å². The first-order valence-corrected chi connectivity index (χ1v) is 11.2. The molecule has 27 heavy (non-hydrogen) atoms. The Morgan fingerprint density at radius 2 is 2.00 bits per heavy atom. The Bertz CT molecular complexity index is 899. The Balaban J connectivity index is 1.48. The molecule has 0 spiro atoms. The molecular weight excluding hydrogens is 376 g/mol. The fourth-order valence-corrected chi connectivity index (χ4v) is 5.56. The van der Waals surface area contributed by atoms with E-state index in [1.54, 1.807) is 30.2 Å². The second-order valence-electron chi connectivity index (χ2n) is 6.82. The van der Waals surface area contributed by atoms with Gasteiger partial charge in [0.25, 0.3) is 0 Å². The van der Waals surface area contributed by atoms with Crippen LogP contribution < -0.4 is 4.74 Å². The number of hydrogen-bond acceptors (Lipinski definition) is 6. The monoisotopic (exact) mass is 400 g/mol. The Labute approximate surface area is 168 Å². The van der Waals surface area contributed by atoms with Gasteiger partial charge in [0.05, 0.1) is 18.4 Å². The second kappa shape index (κ2) is 8.44. The summed E-state index contributed by atoms with van der Waals surface area (Å²) in [7, 11) is 1.70. The Morgan fingerprint density at radius 3 is 2.81 bits per heavy atom. The molecule has 0 radical (unpaired) electrons. The van der Waals surface area contributed by atoms with Gasteiger partial charge >= 0.3 is 0 Å². The van der Waals surface area contributed by atoms with Crippen LogP contribution in [0, 0.1) is 6.92 Å². The Morgan fingerprint density at radius 1 is 1.19 bits per heavy atom. The first-order chi connectivity index (χ1) is 13.3. The summed E-state index contributed by atoms with van der Waals surface area (Å²) in [6, 6.07) is 8.57. The van der Waals surface area contributed by atoms with E-state index < -0.39 is 0 Å². The van der Waals surface area contributed by atoms with Crippen molar-refractivity contribution in [3.05, 3.63) is 41.2 Å². The van der Waals surface area contributed by atoms with Gasteiger partial charge in [-0.2, -0.15) is 0 Å². The Hall–Kier alpha value is -1.86. The molecule has 0 bridgehead atoms. The number of thioether (sulfide) groups is 1. The van der Waals surface area contributed by atoms with E-state index in [1.165, 1.54) is 32.1 Å². The maximum Gasteiger partial charge on any atom is 0.191 e. The van der Waals surface area contributed by atoms with Crippen molar-refractivity contribution in [2.24, 2.45) is 0 Å². The fourth-order valence-electron chi connectivity index (χ4n) is 3.66. The largest absolute Gasteiger partial charge is 0.496 e. The zero-order valence-electron chi connectivity index (χ0n) is 15.7. The van der Waals surface area contributed by atoms with E-state index in [1.807, 2.05) is 18.2 Å². The number of aromatic nitrogens is 4. The van der Waals surface area contributed by atoms with Crippen LogP contribution >= 0.6 is 23.1 Å². The number of ether oxygens (including phenoxy) is 1. The van der Waals surface area contributed by atoms with Crippen LogP contribution in [0.2, 0.25) is 0 Å². The predicted molar refractivity (Wildman–Crippen MR) is 111 cm³/mol. The molecule has 2 aromatic heterocycles. The fraction of sp³-hybridized carbons (Fsp3) is 0.450. The highest BCUT2D eigenvalue weighted by Gasteiger charge is 2.21. The minimum atomic E-state index is 0.552. The molecular formula is C20H24N4OS2. The molecule has 1 aliphatic rings. The molecule has 0 aliphatic heterocycles. The summed E-state index contributed by atoms with van der Waals surface area (Å²) in [4.78, 5) is 4.81. The lowest BCUT2D eigenvalue weighted by Gasteiger charge is -2.24. The number of benzene rings is 1. The summed E-state index contributed by atoms with van der Waals surface area (Å²) in [5, 5.41) is 12.9. The van der Waals surface area contributed by atoms with E-state index in [4.69, 9.17) is 9.72 Å². The quantitative estimate of drug-likeness (QED) is 0.510. The zero-order chi connectivity index (χ0) is 18.6. The van der Waals surface area contributed by atoms with Crippen LogP contribution in [-0.4, -0.2) is 26.9 Å². The van der Waals surface area contributed by atoms with E-state index in [2.05, 4.69) is 33.1 Å². The van der Waals surface area contributed by atoms with Gasteiger partial charge in [0.1, 0.15) is 16.6 Å². The molecule has 0 atom stereocenters. The predicted octanol–water partition coefficient (Wildman–Crippen LogP) is 5.52. The molecule has 0 saturated heterocycles. The molecule has 0 amide bonds. The highest BCUT2D eigenvalue weighted by atomic mass is 32.2. The van der Waals surface area contributed by atoms with Crippen LogP contribution in [0.15, 0.2) is 34.8 Å². The van der Waals surface area contributed by atoms with Crippen LogP contribution in [0.1, 0.15) is 49.7 Å². The minimum absolute atomic E-state index is 0.552. The molecule has 142 valence electrons. The van der Waals surface area contributed by atoms with Gasteiger partial charge in [-0.05, 0) is 31.9 Å². The standard InChI is InChI=1S/C20H24N4OS2/c1-14-22-23-20(24(14)16-8-4-3-5-9-16)27-13-15-12-26-19(21-15)17-10-6-7-11-18(17)25-2/h6-7,10-12,16H,3-5,8-9,13H2,1-2H3. The summed E-state index contributed by atoms with van der Waals surface area (Å²) in [6.45, 7) is 2.06. The average molecular weight is 401 g/mol. The first kappa shape index (κ1) is 18.5. The van der Waals surface area contributed by atoms with Gasteiger partial charge in [0.15, 0.2) is 5.16 Å². The van der Waals surface area contributed by atoms with Crippen LogP contribution in [0.5, 0.6) is 5.75 Å². The number of para-hydroxylation sites is 1. The van der Waals surface area contributed by atoms with Gasteiger partial charge < -0.3 is 9.30 Å². The summed E-state index contributed by atoms with van der Waals surface area (Å²) < 4.78 is 7.81. The molecule has 7 heteroatoms. The van der Waals surface area contributed by atoms with Crippen LogP contribution in [0.3, 0.4) is 0 Å². The van der Waals surface area contributed by atoms with E-state index >= 15 is 0 Å². The minimum Gasteiger partial charge on any atom is -0.496 e. The molecule has 4 rings (SSSR count). The van der Waals surface area contributed by atoms with Crippen LogP contribution in [-0.2, 0) is 5.75 Å².